The Kier molecular flexibility index (Phi) is 4.31. The second-order valence-electron chi connectivity index (χ2n) is 7.11. The van der Waals surface area contributed by atoms with Crippen LogP contribution in [0.2, 0.25) is 0 Å². The SMILES string of the molecule is O=C1CC[C@@H]2[C@@H](CCN2C(=O)c2ccoc2)N1CCN1CCCC1. The molecule has 3 aliphatic heterocycles. The van der Waals surface area contributed by atoms with Crippen LogP contribution < -0.4 is 0 Å². The van der Waals surface area contributed by atoms with E-state index in [1.165, 1.54) is 25.4 Å². The first kappa shape index (κ1) is 15.7. The second kappa shape index (κ2) is 6.59. The average Bonchev–Trinajstić information content (AvgIpc) is 3.33. The second-order valence-corrected chi connectivity index (χ2v) is 7.11. The van der Waals surface area contributed by atoms with E-state index in [-0.39, 0.29) is 23.9 Å². The lowest BCUT2D eigenvalue weighted by molar-refractivity contribution is -0.137. The molecule has 0 spiro atoms. The van der Waals surface area contributed by atoms with Gasteiger partial charge in [-0.15, -0.1) is 0 Å². The first-order valence-electron chi connectivity index (χ1n) is 9.09. The van der Waals surface area contributed by atoms with Gasteiger partial charge < -0.3 is 19.1 Å². The molecule has 1 aromatic heterocycles. The zero-order valence-electron chi connectivity index (χ0n) is 14.0. The summed E-state index contributed by atoms with van der Waals surface area (Å²) in [5, 5.41) is 0. The van der Waals surface area contributed by atoms with Gasteiger partial charge in [0.1, 0.15) is 6.26 Å². The van der Waals surface area contributed by atoms with E-state index in [0.717, 1.165) is 45.6 Å². The molecule has 4 heterocycles. The molecule has 0 radical (unpaired) electrons. The predicted octanol–water partition coefficient (Wildman–Crippen LogP) is 1.58. The maximum Gasteiger partial charge on any atom is 0.257 e. The Bertz CT molecular complexity index is 595. The molecule has 1 aromatic rings. The van der Waals surface area contributed by atoms with Crippen LogP contribution in [-0.2, 0) is 4.79 Å². The van der Waals surface area contributed by atoms with E-state index < -0.39 is 0 Å². The van der Waals surface area contributed by atoms with Gasteiger partial charge in [-0.25, -0.2) is 0 Å². The van der Waals surface area contributed by atoms with E-state index in [2.05, 4.69) is 9.80 Å². The van der Waals surface area contributed by atoms with Gasteiger partial charge >= 0.3 is 0 Å². The summed E-state index contributed by atoms with van der Waals surface area (Å²) < 4.78 is 5.05. The van der Waals surface area contributed by atoms with Crippen LogP contribution in [0.5, 0.6) is 0 Å². The van der Waals surface area contributed by atoms with E-state index in [0.29, 0.717) is 12.0 Å². The third-order valence-corrected chi connectivity index (χ3v) is 5.77. The van der Waals surface area contributed by atoms with Gasteiger partial charge in [0.25, 0.3) is 5.91 Å². The third kappa shape index (κ3) is 2.83. The van der Waals surface area contributed by atoms with Gasteiger partial charge in [0.15, 0.2) is 0 Å². The lowest BCUT2D eigenvalue weighted by Gasteiger charge is -2.40. The number of fused-ring (bicyclic) bond motifs is 1. The number of carbonyl (C=O) groups excluding carboxylic acids is 2. The highest BCUT2D eigenvalue weighted by Gasteiger charge is 2.44. The summed E-state index contributed by atoms with van der Waals surface area (Å²) in [5.74, 6) is 0.290. The Morgan fingerprint density at radius 3 is 2.71 bits per heavy atom. The van der Waals surface area contributed by atoms with Crippen LogP contribution in [-0.4, -0.2) is 71.3 Å². The molecule has 2 atom stereocenters. The van der Waals surface area contributed by atoms with Crippen molar-refractivity contribution < 1.29 is 14.0 Å². The smallest absolute Gasteiger partial charge is 0.257 e. The topological polar surface area (TPSA) is 57.0 Å². The van der Waals surface area contributed by atoms with Gasteiger partial charge in [0.2, 0.25) is 5.91 Å². The van der Waals surface area contributed by atoms with Gasteiger partial charge in [-0.05, 0) is 44.8 Å². The van der Waals surface area contributed by atoms with Crippen LogP contribution in [0.25, 0.3) is 0 Å². The summed E-state index contributed by atoms with van der Waals surface area (Å²) in [6.45, 7) is 4.80. The number of rotatable bonds is 4. The molecule has 130 valence electrons. The third-order valence-electron chi connectivity index (χ3n) is 5.77. The van der Waals surface area contributed by atoms with E-state index >= 15 is 0 Å². The molecule has 0 saturated carbocycles. The molecule has 0 N–H and O–H groups in total. The van der Waals surface area contributed by atoms with Crippen molar-refractivity contribution in [1.82, 2.24) is 14.7 Å². The zero-order valence-corrected chi connectivity index (χ0v) is 14.0. The fraction of sp³-hybridized carbons (Fsp3) is 0.667. The fourth-order valence-corrected chi connectivity index (χ4v) is 4.50. The number of hydrogen-bond donors (Lipinski definition) is 0. The molecule has 4 rings (SSSR count). The highest BCUT2D eigenvalue weighted by molar-refractivity contribution is 5.94. The van der Waals surface area contributed by atoms with Crippen LogP contribution in [0.1, 0.15) is 42.5 Å². The fourth-order valence-electron chi connectivity index (χ4n) is 4.50. The molecular formula is C18H25N3O3. The van der Waals surface area contributed by atoms with Crippen LogP contribution in [0.15, 0.2) is 23.0 Å². The van der Waals surface area contributed by atoms with E-state index in [1.54, 1.807) is 6.07 Å². The molecule has 24 heavy (non-hydrogen) atoms. The molecule has 0 aliphatic carbocycles. The van der Waals surface area contributed by atoms with Crippen molar-refractivity contribution >= 4 is 11.8 Å². The molecule has 0 bridgehead atoms. The molecular weight excluding hydrogens is 306 g/mol. The Morgan fingerprint density at radius 1 is 1.12 bits per heavy atom. The van der Waals surface area contributed by atoms with Gasteiger partial charge in [-0.1, -0.05) is 0 Å². The Hall–Kier alpha value is -1.82. The summed E-state index contributed by atoms with van der Waals surface area (Å²) in [7, 11) is 0. The monoisotopic (exact) mass is 331 g/mol. The van der Waals surface area contributed by atoms with E-state index in [4.69, 9.17) is 4.42 Å². The molecule has 0 unspecified atom stereocenters. The molecule has 3 aliphatic rings. The number of hydrogen-bond acceptors (Lipinski definition) is 4. The van der Waals surface area contributed by atoms with E-state index in [9.17, 15) is 9.59 Å². The molecule has 3 saturated heterocycles. The van der Waals surface area contributed by atoms with Gasteiger partial charge in [0.05, 0.1) is 23.9 Å². The summed E-state index contributed by atoms with van der Waals surface area (Å²) >= 11 is 0. The Morgan fingerprint density at radius 2 is 1.96 bits per heavy atom. The summed E-state index contributed by atoms with van der Waals surface area (Å²) in [5.41, 5.74) is 0.608. The zero-order chi connectivity index (χ0) is 16.5. The predicted molar refractivity (Wildman–Crippen MR) is 88.6 cm³/mol. The number of carbonyl (C=O) groups is 2. The van der Waals surface area contributed by atoms with Crippen molar-refractivity contribution in [3.05, 3.63) is 24.2 Å². The maximum absolute atomic E-state index is 12.7. The molecule has 3 fully saturated rings. The highest BCUT2D eigenvalue weighted by Crippen LogP contribution is 2.32. The maximum atomic E-state index is 12.7. The minimum atomic E-state index is 0.0325. The minimum Gasteiger partial charge on any atom is -0.472 e. The van der Waals surface area contributed by atoms with Crippen molar-refractivity contribution in [2.45, 2.75) is 44.2 Å². The van der Waals surface area contributed by atoms with Crippen molar-refractivity contribution in [3.63, 3.8) is 0 Å². The van der Waals surface area contributed by atoms with Gasteiger partial charge in [-0.2, -0.15) is 0 Å². The number of amides is 2. The van der Waals surface area contributed by atoms with Crippen molar-refractivity contribution in [3.8, 4) is 0 Å². The largest absolute Gasteiger partial charge is 0.472 e. The normalized spacial score (nSPS) is 27.8. The average molecular weight is 331 g/mol. The van der Waals surface area contributed by atoms with Crippen LogP contribution in [0, 0.1) is 0 Å². The Balaban J connectivity index is 1.43. The quantitative estimate of drug-likeness (QED) is 0.840. The minimum absolute atomic E-state index is 0.0325. The lowest BCUT2D eigenvalue weighted by atomic mass is 9.96. The van der Waals surface area contributed by atoms with Gasteiger partial charge in [0, 0.05) is 26.1 Å². The van der Waals surface area contributed by atoms with E-state index in [1.807, 2.05) is 4.90 Å². The van der Waals surface area contributed by atoms with Crippen LogP contribution in [0.3, 0.4) is 0 Å². The van der Waals surface area contributed by atoms with Crippen molar-refractivity contribution in [2.75, 3.05) is 32.7 Å². The first-order chi connectivity index (χ1) is 11.7. The summed E-state index contributed by atoms with van der Waals surface area (Å²) in [6.07, 6.45) is 7.81. The van der Waals surface area contributed by atoms with Gasteiger partial charge in [-0.3, -0.25) is 9.59 Å². The standard InChI is InChI=1S/C18H25N3O3/c22-17-4-3-15-16(20(17)11-10-19-7-1-2-8-19)5-9-21(15)18(23)14-6-12-24-13-14/h6,12-13,15-16H,1-5,7-11H2/t15-,16-/m1/s1. The lowest BCUT2D eigenvalue weighted by Crippen LogP contribution is -2.54. The number of furan rings is 1. The molecule has 0 aromatic carbocycles. The van der Waals surface area contributed by atoms with Crippen LogP contribution in [0.4, 0.5) is 0 Å². The first-order valence-corrected chi connectivity index (χ1v) is 9.09. The van der Waals surface area contributed by atoms with Crippen molar-refractivity contribution in [1.29, 1.82) is 0 Å². The van der Waals surface area contributed by atoms with Crippen LogP contribution >= 0.6 is 0 Å². The Labute approximate surface area is 142 Å². The number of nitrogens with zero attached hydrogens (tertiary/aromatic N) is 3. The molecule has 6 nitrogen and oxygen atoms in total. The molecule has 6 heteroatoms. The number of likely N-dealkylation sites (tertiary alicyclic amines) is 3. The number of piperidine rings is 1. The highest BCUT2D eigenvalue weighted by atomic mass is 16.3. The van der Waals surface area contributed by atoms with Crippen molar-refractivity contribution in [2.24, 2.45) is 0 Å². The molecule has 2 amide bonds. The summed E-state index contributed by atoms with van der Waals surface area (Å²) in [4.78, 5) is 31.6. The summed E-state index contributed by atoms with van der Waals surface area (Å²) in [6, 6.07) is 2.06.